The molecule has 3 rings (SSSR count). The number of nitrogens with one attached hydrogen (secondary N) is 1. The van der Waals surface area contributed by atoms with Crippen molar-refractivity contribution in [1.82, 2.24) is 20.2 Å². The summed E-state index contributed by atoms with van der Waals surface area (Å²) in [6, 6.07) is 5.20. The zero-order valence-electron chi connectivity index (χ0n) is 18.8. The van der Waals surface area contributed by atoms with Crippen molar-refractivity contribution in [3.8, 4) is 11.5 Å². The lowest BCUT2D eigenvalue weighted by molar-refractivity contribution is -0.120. The number of carbonyl (C=O) groups excluding carboxylic acids is 2. The zero-order chi connectivity index (χ0) is 22.5. The van der Waals surface area contributed by atoms with Gasteiger partial charge in [-0.05, 0) is 39.3 Å². The van der Waals surface area contributed by atoms with Gasteiger partial charge in [0.1, 0.15) is 17.3 Å². The highest BCUT2D eigenvalue weighted by Gasteiger charge is 2.31. The molecule has 1 saturated heterocycles. The second-order valence-electron chi connectivity index (χ2n) is 7.66. The summed E-state index contributed by atoms with van der Waals surface area (Å²) in [7, 11) is 3.12. The Morgan fingerprint density at radius 2 is 1.87 bits per heavy atom. The highest BCUT2D eigenvalue weighted by molar-refractivity contribution is 5.97. The predicted octanol–water partition coefficient (Wildman–Crippen LogP) is 2.42. The molecule has 2 amide bonds. The first-order valence-electron chi connectivity index (χ1n) is 10.5. The summed E-state index contributed by atoms with van der Waals surface area (Å²) in [5, 5.41) is 2.81. The van der Waals surface area contributed by atoms with Crippen LogP contribution in [0.5, 0.6) is 11.5 Å². The van der Waals surface area contributed by atoms with Gasteiger partial charge in [0.2, 0.25) is 5.91 Å². The van der Waals surface area contributed by atoms with E-state index in [2.05, 4.69) is 15.3 Å². The Morgan fingerprint density at radius 1 is 1.16 bits per heavy atom. The van der Waals surface area contributed by atoms with E-state index in [4.69, 9.17) is 9.47 Å². The number of likely N-dealkylation sites (tertiary alicyclic amines) is 1. The Hall–Kier alpha value is -3.16. The fourth-order valence-corrected chi connectivity index (χ4v) is 3.93. The molecule has 1 aromatic heterocycles. The standard InChI is InChI=1S/C23H30N4O4/c1-6-24-21(28)12-19-14(2)25-22(26-15(19)3)16-9-10-27(13-16)23(29)18-8-7-17(30-4)11-20(18)31-5/h7-8,11,16H,6,9-10,12-13H2,1-5H3,(H,24,28)/t16-/m1/s1. The first-order chi connectivity index (χ1) is 14.9. The van der Waals surface area contributed by atoms with Gasteiger partial charge in [-0.3, -0.25) is 9.59 Å². The molecule has 8 heteroatoms. The predicted molar refractivity (Wildman–Crippen MR) is 117 cm³/mol. The molecular weight excluding hydrogens is 396 g/mol. The van der Waals surface area contributed by atoms with E-state index in [9.17, 15) is 9.59 Å². The molecule has 1 atom stereocenters. The maximum atomic E-state index is 13.1. The second kappa shape index (κ2) is 9.76. The molecular formula is C23H30N4O4. The number of methoxy groups -OCH3 is 2. The van der Waals surface area contributed by atoms with E-state index in [1.165, 1.54) is 0 Å². The van der Waals surface area contributed by atoms with E-state index in [1.807, 2.05) is 25.7 Å². The fourth-order valence-electron chi connectivity index (χ4n) is 3.93. The van der Waals surface area contributed by atoms with Crippen molar-refractivity contribution in [1.29, 1.82) is 0 Å². The number of likely N-dealkylation sites (N-methyl/N-ethyl adjacent to an activating group) is 1. The summed E-state index contributed by atoms with van der Waals surface area (Å²) in [5.74, 6) is 1.81. The average Bonchev–Trinajstić information content (AvgIpc) is 3.25. The molecule has 2 heterocycles. The molecule has 8 nitrogen and oxygen atoms in total. The fraction of sp³-hybridized carbons (Fsp3) is 0.478. The molecule has 0 radical (unpaired) electrons. The molecule has 1 aliphatic heterocycles. The van der Waals surface area contributed by atoms with Crippen LogP contribution in [0, 0.1) is 13.8 Å². The Labute approximate surface area is 183 Å². The molecule has 0 bridgehead atoms. The summed E-state index contributed by atoms with van der Waals surface area (Å²) in [5.41, 5.74) is 3.00. The van der Waals surface area contributed by atoms with Crippen molar-refractivity contribution >= 4 is 11.8 Å². The van der Waals surface area contributed by atoms with Crippen LogP contribution in [0.4, 0.5) is 0 Å². The smallest absolute Gasteiger partial charge is 0.257 e. The first kappa shape index (κ1) is 22.5. The normalized spacial score (nSPS) is 15.6. The lowest BCUT2D eigenvalue weighted by atomic mass is 10.0. The van der Waals surface area contributed by atoms with Crippen molar-refractivity contribution in [3.05, 3.63) is 46.5 Å². The van der Waals surface area contributed by atoms with Gasteiger partial charge in [-0.2, -0.15) is 0 Å². The number of aryl methyl sites for hydroxylation is 2. The number of benzene rings is 1. The minimum atomic E-state index is -0.0803. The summed E-state index contributed by atoms with van der Waals surface area (Å²) >= 11 is 0. The summed E-state index contributed by atoms with van der Waals surface area (Å²) in [4.78, 5) is 36.2. The minimum Gasteiger partial charge on any atom is -0.497 e. The number of amides is 2. The highest BCUT2D eigenvalue weighted by atomic mass is 16.5. The largest absolute Gasteiger partial charge is 0.497 e. The molecule has 2 aromatic rings. The molecule has 0 saturated carbocycles. The molecule has 0 aliphatic carbocycles. The molecule has 1 fully saturated rings. The van der Waals surface area contributed by atoms with Crippen molar-refractivity contribution in [3.63, 3.8) is 0 Å². The van der Waals surface area contributed by atoms with E-state index >= 15 is 0 Å². The van der Waals surface area contributed by atoms with Crippen LogP contribution in [0.3, 0.4) is 0 Å². The van der Waals surface area contributed by atoms with Gasteiger partial charge >= 0.3 is 0 Å². The Bertz CT molecular complexity index is 953. The summed E-state index contributed by atoms with van der Waals surface area (Å²) in [6.07, 6.45) is 1.07. The number of hydrogen-bond acceptors (Lipinski definition) is 6. The van der Waals surface area contributed by atoms with Crippen molar-refractivity contribution in [2.75, 3.05) is 33.9 Å². The molecule has 1 aliphatic rings. The SMILES string of the molecule is CCNC(=O)Cc1c(C)nc([C@@H]2CCN(C(=O)c3ccc(OC)cc3OC)C2)nc1C. The highest BCUT2D eigenvalue weighted by Crippen LogP contribution is 2.30. The van der Waals surface area contributed by atoms with E-state index < -0.39 is 0 Å². The van der Waals surface area contributed by atoms with Crippen LogP contribution in [0.2, 0.25) is 0 Å². The van der Waals surface area contributed by atoms with E-state index in [0.717, 1.165) is 29.2 Å². The average molecular weight is 427 g/mol. The van der Waals surface area contributed by atoms with Gasteiger partial charge in [0, 0.05) is 48.6 Å². The third kappa shape index (κ3) is 4.95. The second-order valence-corrected chi connectivity index (χ2v) is 7.66. The number of carbonyl (C=O) groups is 2. The maximum absolute atomic E-state index is 13.1. The number of hydrogen-bond donors (Lipinski definition) is 1. The van der Waals surface area contributed by atoms with Gasteiger partial charge in [0.25, 0.3) is 5.91 Å². The molecule has 31 heavy (non-hydrogen) atoms. The third-order valence-corrected chi connectivity index (χ3v) is 5.63. The Kier molecular flexibility index (Phi) is 7.09. The van der Waals surface area contributed by atoms with Crippen molar-refractivity contribution in [2.45, 2.75) is 39.5 Å². The lowest BCUT2D eigenvalue weighted by Gasteiger charge is -2.19. The summed E-state index contributed by atoms with van der Waals surface area (Å²) in [6.45, 7) is 7.48. The molecule has 0 unspecified atom stereocenters. The van der Waals surface area contributed by atoms with Gasteiger partial charge < -0.3 is 19.7 Å². The molecule has 0 spiro atoms. The van der Waals surface area contributed by atoms with Crippen LogP contribution in [0.1, 0.15) is 52.4 Å². The first-order valence-corrected chi connectivity index (χ1v) is 10.5. The quantitative estimate of drug-likeness (QED) is 0.731. The summed E-state index contributed by atoms with van der Waals surface area (Å²) < 4.78 is 10.6. The van der Waals surface area contributed by atoms with E-state index in [-0.39, 0.29) is 24.2 Å². The van der Waals surface area contributed by atoms with Gasteiger partial charge in [0.15, 0.2) is 0 Å². The van der Waals surface area contributed by atoms with E-state index in [0.29, 0.717) is 36.7 Å². The van der Waals surface area contributed by atoms with Gasteiger partial charge in [0.05, 0.1) is 26.2 Å². The van der Waals surface area contributed by atoms with Crippen LogP contribution in [0.15, 0.2) is 18.2 Å². The van der Waals surface area contributed by atoms with Crippen LogP contribution in [0.25, 0.3) is 0 Å². The maximum Gasteiger partial charge on any atom is 0.257 e. The number of nitrogens with zero attached hydrogens (tertiary/aromatic N) is 3. The topological polar surface area (TPSA) is 93.7 Å². The number of rotatable bonds is 7. The monoisotopic (exact) mass is 426 g/mol. The molecule has 1 aromatic carbocycles. The third-order valence-electron chi connectivity index (χ3n) is 5.63. The van der Waals surface area contributed by atoms with Gasteiger partial charge in [-0.1, -0.05) is 0 Å². The molecule has 166 valence electrons. The minimum absolute atomic E-state index is 0.0314. The van der Waals surface area contributed by atoms with Crippen molar-refractivity contribution < 1.29 is 19.1 Å². The van der Waals surface area contributed by atoms with Crippen LogP contribution in [-0.2, 0) is 11.2 Å². The lowest BCUT2D eigenvalue weighted by Crippen LogP contribution is -2.29. The number of aromatic nitrogens is 2. The van der Waals surface area contributed by atoms with E-state index in [1.54, 1.807) is 32.4 Å². The zero-order valence-corrected chi connectivity index (χ0v) is 18.8. The Morgan fingerprint density at radius 3 is 2.48 bits per heavy atom. The van der Waals surface area contributed by atoms with Gasteiger partial charge in [-0.25, -0.2) is 9.97 Å². The van der Waals surface area contributed by atoms with Gasteiger partial charge in [-0.15, -0.1) is 0 Å². The van der Waals surface area contributed by atoms with Crippen molar-refractivity contribution in [2.24, 2.45) is 0 Å². The number of ether oxygens (including phenoxy) is 2. The van der Waals surface area contributed by atoms with Crippen LogP contribution < -0.4 is 14.8 Å². The van der Waals surface area contributed by atoms with Crippen LogP contribution >= 0.6 is 0 Å². The van der Waals surface area contributed by atoms with Crippen LogP contribution in [-0.4, -0.2) is 60.5 Å². The Balaban J connectivity index is 1.75. The molecule has 1 N–H and O–H groups in total.